The van der Waals surface area contributed by atoms with Crippen LogP contribution >= 0.6 is 0 Å². The van der Waals surface area contributed by atoms with Gasteiger partial charge < -0.3 is 58.6 Å². The number of nitrogens with zero attached hydrogens (tertiary/aromatic N) is 13. The highest BCUT2D eigenvalue weighted by atomic mass is 16.5. The average Bonchev–Trinajstić information content (AvgIpc) is 3.37. The Morgan fingerprint density at radius 3 is 1.16 bits per heavy atom. The molecule has 6 saturated heterocycles. The third kappa shape index (κ3) is 17.3. The van der Waals surface area contributed by atoms with Crippen molar-refractivity contribution in [3.8, 4) is 0 Å². The molecule has 0 radical (unpaired) electrons. The first-order valence-electron chi connectivity index (χ1n) is 21.3. The summed E-state index contributed by atoms with van der Waals surface area (Å²) in [6.07, 6.45) is 4.40. The number of benzene rings is 1. The first kappa shape index (κ1) is 52.9. The summed E-state index contributed by atoms with van der Waals surface area (Å²) in [4.78, 5) is 89.7. The molecular weight excluding hydrogens is 799 g/mol. The van der Waals surface area contributed by atoms with E-state index in [1.54, 1.807) is 72.3 Å². The Labute approximate surface area is 371 Å². The number of hydrogen-bond acceptors (Lipinski definition) is 8. The molecule has 6 fully saturated rings. The van der Waals surface area contributed by atoms with E-state index in [4.69, 9.17) is 4.74 Å². The van der Waals surface area contributed by atoms with Gasteiger partial charge in [0.25, 0.3) is 0 Å². The molecule has 12 amide bonds. The summed E-state index contributed by atoms with van der Waals surface area (Å²) in [6, 6.07) is 10.4. The zero-order valence-corrected chi connectivity index (χ0v) is 39.9. The van der Waals surface area contributed by atoms with Crippen LogP contribution in [0.1, 0.15) is 32.6 Å². The highest BCUT2D eigenvalue weighted by Gasteiger charge is 2.25. The quantitative estimate of drug-likeness (QED) is 0.416. The van der Waals surface area contributed by atoms with E-state index >= 15 is 0 Å². The van der Waals surface area contributed by atoms with E-state index in [-0.39, 0.29) is 36.2 Å². The van der Waals surface area contributed by atoms with Crippen LogP contribution in [0.25, 0.3) is 0 Å². The Morgan fingerprint density at radius 2 is 0.742 bits per heavy atom. The first-order valence-corrected chi connectivity index (χ1v) is 21.3. The maximum atomic E-state index is 11.8. The lowest BCUT2D eigenvalue weighted by Gasteiger charge is -2.36. The number of carbonyl (C=O) groups excluding carboxylic acids is 6. The molecule has 0 saturated carbocycles. The molecule has 6 aliphatic heterocycles. The molecule has 6 heterocycles. The van der Waals surface area contributed by atoms with Crippen LogP contribution in [0.5, 0.6) is 0 Å². The van der Waals surface area contributed by atoms with Crippen molar-refractivity contribution in [2.24, 2.45) is 5.92 Å². The maximum absolute atomic E-state index is 11.8. The Hall–Kier alpha value is -5.24. The van der Waals surface area contributed by atoms with Crippen molar-refractivity contribution in [1.29, 1.82) is 0 Å². The van der Waals surface area contributed by atoms with Gasteiger partial charge in [-0.1, -0.05) is 25.1 Å². The fourth-order valence-electron chi connectivity index (χ4n) is 7.26. The number of amides is 12. The molecule has 1 aromatic carbocycles. The number of urea groups is 6. The largest absolute Gasteiger partial charge is 0.341 e. The van der Waals surface area contributed by atoms with Gasteiger partial charge in [0.15, 0.2) is 0 Å². The minimum absolute atomic E-state index is 0.0150. The van der Waals surface area contributed by atoms with Crippen molar-refractivity contribution in [3.63, 3.8) is 0 Å². The monoisotopic (exact) mass is 876 g/mol. The van der Waals surface area contributed by atoms with Crippen LogP contribution in [-0.2, 0) is 4.74 Å². The van der Waals surface area contributed by atoms with Crippen LogP contribution in [0, 0.1) is 5.92 Å². The third-order valence-electron chi connectivity index (χ3n) is 10.6. The van der Waals surface area contributed by atoms with Gasteiger partial charge in [-0.2, -0.15) is 0 Å². The predicted octanol–water partition coefficient (Wildman–Crippen LogP) is 3.45. The topological polar surface area (TPSA) is 154 Å². The van der Waals surface area contributed by atoms with Crippen molar-refractivity contribution in [2.45, 2.75) is 32.6 Å². The van der Waals surface area contributed by atoms with Gasteiger partial charge in [-0.25, -0.2) is 28.8 Å². The van der Waals surface area contributed by atoms with E-state index in [1.165, 1.54) is 9.80 Å². The number of hydrogen-bond donors (Lipinski definition) is 0. The molecule has 0 unspecified atom stereocenters. The molecule has 7 rings (SSSR count). The molecule has 352 valence electrons. The molecule has 0 spiro atoms. The van der Waals surface area contributed by atoms with Crippen molar-refractivity contribution in [1.82, 2.24) is 58.8 Å². The van der Waals surface area contributed by atoms with Crippen molar-refractivity contribution in [3.05, 3.63) is 30.3 Å². The van der Waals surface area contributed by atoms with Gasteiger partial charge in [0, 0.05) is 136 Å². The first-order chi connectivity index (χ1) is 29.2. The van der Waals surface area contributed by atoms with Gasteiger partial charge in [0.2, 0.25) is 0 Å². The smallest absolute Gasteiger partial charge is 0.324 e. The summed E-state index contributed by atoms with van der Waals surface area (Å²) in [6.45, 7) is 11.5. The molecule has 1 aromatic rings. The highest BCUT2D eigenvalue weighted by Crippen LogP contribution is 2.18. The van der Waals surface area contributed by atoms with Crippen molar-refractivity contribution in [2.75, 3.05) is 169 Å². The Bertz CT molecular complexity index is 1450. The molecule has 0 aliphatic carbocycles. The summed E-state index contributed by atoms with van der Waals surface area (Å²) in [5, 5.41) is 0. The fraction of sp³-hybridized carbons (Fsp3) is 0.714. The van der Waals surface area contributed by atoms with E-state index in [9.17, 15) is 28.8 Å². The number of ether oxygens (including phenoxy) is 1. The molecule has 0 N–H and O–H groups in total. The van der Waals surface area contributed by atoms with Gasteiger partial charge >= 0.3 is 36.2 Å². The summed E-state index contributed by atoms with van der Waals surface area (Å²) in [7, 11) is 21.9. The minimum Gasteiger partial charge on any atom is -0.341 e. The normalized spacial score (nSPS) is 20.5. The second-order valence-corrected chi connectivity index (χ2v) is 17.0. The molecular formula is C42H77N13O7. The number of para-hydroxylation sites is 1. The molecule has 20 heteroatoms. The van der Waals surface area contributed by atoms with Crippen molar-refractivity contribution >= 4 is 41.9 Å². The van der Waals surface area contributed by atoms with E-state index in [1.807, 2.05) is 91.6 Å². The molecule has 0 bridgehead atoms. The minimum atomic E-state index is 0.0150. The SMILES string of the molecule is CC1CN(C)C(=O)N(C)C1.CN1CCCCN(C)C1=O.CN1CCCN(C)C1=O.CN1CCCN(c2ccccc2)C1=O.CN1CN(C)C(=O)N(C)C1.CN1COCN(C)C1=O. The van der Waals surface area contributed by atoms with Gasteiger partial charge in [-0.05, 0) is 50.8 Å². The Kier molecular flexibility index (Phi) is 22.4. The number of anilines is 1. The Balaban J connectivity index is 0.000000258. The van der Waals surface area contributed by atoms with Crippen LogP contribution in [0.2, 0.25) is 0 Å². The van der Waals surface area contributed by atoms with Crippen molar-refractivity contribution < 1.29 is 33.5 Å². The second kappa shape index (κ2) is 26.3. The van der Waals surface area contributed by atoms with Gasteiger partial charge in [0.1, 0.15) is 13.5 Å². The van der Waals surface area contributed by atoms with Crippen LogP contribution in [0.3, 0.4) is 0 Å². The average molecular weight is 876 g/mol. The lowest BCUT2D eigenvalue weighted by atomic mass is 10.1. The van der Waals surface area contributed by atoms with Crippen LogP contribution in [0.4, 0.5) is 34.5 Å². The maximum Gasteiger partial charge on any atom is 0.324 e. The van der Waals surface area contributed by atoms with Crippen LogP contribution in [-0.4, -0.2) is 259 Å². The molecule has 62 heavy (non-hydrogen) atoms. The van der Waals surface area contributed by atoms with Gasteiger partial charge in [0.05, 0.1) is 13.3 Å². The molecule has 0 atom stereocenters. The van der Waals surface area contributed by atoms with Gasteiger partial charge in [-0.3, -0.25) is 9.80 Å². The van der Waals surface area contributed by atoms with Crippen LogP contribution in [0.15, 0.2) is 30.3 Å². The predicted molar refractivity (Wildman–Crippen MR) is 242 cm³/mol. The number of rotatable bonds is 1. The van der Waals surface area contributed by atoms with Crippen LogP contribution < -0.4 is 4.90 Å². The Morgan fingerprint density at radius 1 is 0.403 bits per heavy atom. The molecule has 6 aliphatic rings. The highest BCUT2D eigenvalue weighted by molar-refractivity contribution is 5.92. The number of carbonyl (C=O) groups is 6. The zero-order valence-electron chi connectivity index (χ0n) is 39.9. The van der Waals surface area contributed by atoms with E-state index < -0.39 is 0 Å². The summed E-state index contributed by atoms with van der Waals surface area (Å²) in [5.41, 5.74) is 0.990. The van der Waals surface area contributed by atoms with Gasteiger partial charge in [-0.15, -0.1) is 0 Å². The summed E-state index contributed by atoms with van der Waals surface area (Å²) < 4.78 is 5.00. The fourth-order valence-corrected chi connectivity index (χ4v) is 7.26. The second-order valence-electron chi connectivity index (χ2n) is 17.0. The molecule has 20 nitrogen and oxygen atoms in total. The summed E-state index contributed by atoms with van der Waals surface area (Å²) >= 11 is 0. The third-order valence-corrected chi connectivity index (χ3v) is 10.6. The lowest BCUT2D eigenvalue weighted by molar-refractivity contribution is -0.0340. The van der Waals surface area contributed by atoms with E-state index in [2.05, 4.69) is 11.8 Å². The molecule has 0 aromatic heterocycles. The van der Waals surface area contributed by atoms with E-state index in [0.717, 1.165) is 97.1 Å². The zero-order chi connectivity index (χ0) is 46.7. The van der Waals surface area contributed by atoms with E-state index in [0.29, 0.717) is 19.4 Å². The lowest BCUT2D eigenvalue weighted by Crippen LogP contribution is -2.53. The standard InChI is InChI=1S/C11H14N2O.2C7H14N2O.C6H13N3O.C6H12N2O.C5H10N2O2/c1-12-8-5-9-13(11(12)14)10-6-3-2-4-7-10;1-6-4-8(2)7(10)9(3)5-6;1-8-5-3-4-6-9(2)7(8)10;1-7-4-8(2)6(10)9(3)5-7;1-7-4-3-5-8(2)6(7)9;1-6-3-9-4-7(2)5(6)8/h2-4,6-7H,5,8-9H2,1H3;6H,4-5H2,1-3H3;3-6H2,1-2H3;4-5H2,1-3H3;3-5H2,1-2H3;3-4H2,1-2H3. The summed E-state index contributed by atoms with van der Waals surface area (Å²) in [5.74, 6) is 0.604.